The number of hydrogen-bond acceptors (Lipinski definition) is 5. The van der Waals surface area contributed by atoms with Crippen LogP contribution in [-0.4, -0.2) is 37.4 Å². The number of carbonyl (C=O) groups excluding carboxylic acids is 3. The standard InChI is InChI=1S/C23H26N2O5/c1-15(2)13-29-19-7-5-18(6-8-19)24-22(27)10-11-25-20-12-17(16(3)26)4-9-21(20)30-14-23(25)28/h4-9,12,15H,10-11,13-14H2,1-3H3,(H,24,27). The van der Waals surface area contributed by atoms with Gasteiger partial charge in [-0.2, -0.15) is 0 Å². The molecule has 2 aromatic carbocycles. The number of nitrogens with one attached hydrogen (secondary N) is 1. The summed E-state index contributed by atoms with van der Waals surface area (Å²) in [6.07, 6.45) is 0.112. The number of rotatable bonds is 8. The van der Waals surface area contributed by atoms with Crippen molar-refractivity contribution in [3.63, 3.8) is 0 Å². The van der Waals surface area contributed by atoms with E-state index in [1.807, 2.05) is 12.1 Å². The number of carbonyl (C=O) groups is 3. The van der Waals surface area contributed by atoms with E-state index in [9.17, 15) is 14.4 Å². The first-order valence-corrected chi connectivity index (χ1v) is 9.94. The van der Waals surface area contributed by atoms with Gasteiger partial charge in [0.05, 0.1) is 12.3 Å². The number of nitrogens with zero attached hydrogens (tertiary/aromatic N) is 1. The summed E-state index contributed by atoms with van der Waals surface area (Å²) in [5, 5.41) is 2.82. The van der Waals surface area contributed by atoms with Gasteiger partial charge in [-0.1, -0.05) is 13.8 Å². The van der Waals surface area contributed by atoms with Gasteiger partial charge < -0.3 is 19.7 Å². The molecular weight excluding hydrogens is 384 g/mol. The van der Waals surface area contributed by atoms with Crippen LogP contribution >= 0.6 is 0 Å². The van der Waals surface area contributed by atoms with Crippen molar-refractivity contribution in [1.29, 1.82) is 0 Å². The van der Waals surface area contributed by atoms with Gasteiger partial charge in [0.15, 0.2) is 12.4 Å². The normalized spacial score (nSPS) is 12.9. The molecule has 0 saturated heterocycles. The molecule has 0 spiro atoms. The molecule has 0 saturated carbocycles. The molecule has 1 N–H and O–H groups in total. The van der Waals surface area contributed by atoms with Crippen LogP contribution in [0.15, 0.2) is 42.5 Å². The molecule has 0 unspecified atom stereocenters. The van der Waals surface area contributed by atoms with Crippen molar-refractivity contribution < 1.29 is 23.9 Å². The van der Waals surface area contributed by atoms with Gasteiger partial charge in [-0.25, -0.2) is 0 Å². The van der Waals surface area contributed by atoms with E-state index in [1.165, 1.54) is 11.8 Å². The molecule has 158 valence electrons. The Balaban J connectivity index is 1.60. The second-order valence-corrected chi connectivity index (χ2v) is 7.60. The van der Waals surface area contributed by atoms with E-state index in [2.05, 4.69) is 19.2 Å². The van der Waals surface area contributed by atoms with Gasteiger partial charge in [-0.3, -0.25) is 14.4 Å². The van der Waals surface area contributed by atoms with Gasteiger partial charge in [0.1, 0.15) is 11.5 Å². The third kappa shape index (κ3) is 5.37. The summed E-state index contributed by atoms with van der Waals surface area (Å²) in [4.78, 5) is 37.9. The molecule has 30 heavy (non-hydrogen) atoms. The molecule has 7 nitrogen and oxygen atoms in total. The smallest absolute Gasteiger partial charge is 0.265 e. The molecule has 0 bridgehead atoms. The van der Waals surface area contributed by atoms with E-state index in [0.29, 0.717) is 35.2 Å². The highest BCUT2D eigenvalue weighted by Gasteiger charge is 2.26. The minimum Gasteiger partial charge on any atom is -0.493 e. The van der Waals surface area contributed by atoms with Crippen molar-refractivity contribution in [2.24, 2.45) is 5.92 Å². The molecule has 0 radical (unpaired) electrons. The predicted octanol–water partition coefficient (Wildman–Crippen LogP) is 3.68. The molecule has 2 aromatic rings. The Bertz CT molecular complexity index is 937. The van der Waals surface area contributed by atoms with Crippen molar-refractivity contribution in [2.45, 2.75) is 27.2 Å². The van der Waals surface area contributed by atoms with Gasteiger partial charge in [-0.05, 0) is 55.3 Å². The first kappa shape index (κ1) is 21.4. The number of ketones is 1. The molecule has 0 atom stereocenters. The van der Waals surface area contributed by atoms with E-state index in [-0.39, 0.29) is 37.2 Å². The van der Waals surface area contributed by atoms with Gasteiger partial charge >= 0.3 is 0 Å². The molecule has 3 rings (SSSR count). The van der Waals surface area contributed by atoms with Crippen LogP contribution in [0.4, 0.5) is 11.4 Å². The maximum Gasteiger partial charge on any atom is 0.265 e. The summed E-state index contributed by atoms with van der Waals surface area (Å²) >= 11 is 0. The Morgan fingerprint density at radius 2 is 1.90 bits per heavy atom. The molecule has 1 heterocycles. The second-order valence-electron chi connectivity index (χ2n) is 7.60. The number of benzene rings is 2. The number of fused-ring (bicyclic) bond motifs is 1. The van der Waals surface area contributed by atoms with Crippen LogP contribution in [0.2, 0.25) is 0 Å². The van der Waals surface area contributed by atoms with Gasteiger partial charge in [0, 0.05) is 24.2 Å². The van der Waals surface area contributed by atoms with Crippen molar-refractivity contribution in [3.05, 3.63) is 48.0 Å². The third-order valence-corrected chi connectivity index (χ3v) is 4.59. The highest BCUT2D eigenvalue weighted by atomic mass is 16.5. The zero-order valence-corrected chi connectivity index (χ0v) is 17.4. The van der Waals surface area contributed by atoms with E-state index in [4.69, 9.17) is 9.47 Å². The summed E-state index contributed by atoms with van der Waals surface area (Å²) in [6.45, 7) is 6.35. The monoisotopic (exact) mass is 410 g/mol. The SMILES string of the molecule is CC(=O)c1ccc2c(c1)N(CCC(=O)Nc1ccc(OCC(C)C)cc1)C(=O)CO2. The second kappa shape index (κ2) is 9.43. The van der Waals surface area contributed by atoms with Crippen LogP contribution in [-0.2, 0) is 9.59 Å². The van der Waals surface area contributed by atoms with Crippen LogP contribution in [0, 0.1) is 5.92 Å². The van der Waals surface area contributed by atoms with Gasteiger partial charge in [0.2, 0.25) is 5.91 Å². The Morgan fingerprint density at radius 3 is 2.57 bits per heavy atom. The number of ether oxygens (including phenoxy) is 2. The van der Waals surface area contributed by atoms with Gasteiger partial charge in [-0.15, -0.1) is 0 Å². The summed E-state index contributed by atoms with van der Waals surface area (Å²) in [6, 6.07) is 12.1. The Kier molecular flexibility index (Phi) is 6.72. The van der Waals surface area contributed by atoms with Crippen LogP contribution in [0.5, 0.6) is 11.5 Å². The molecule has 0 fully saturated rings. The fourth-order valence-corrected chi connectivity index (χ4v) is 3.00. The van der Waals surface area contributed by atoms with Crippen molar-refractivity contribution in [2.75, 3.05) is 30.0 Å². The summed E-state index contributed by atoms with van der Waals surface area (Å²) in [5.41, 5.74) is 1.66. The van der Waals surface area contributed by atoms with E-state index in [0.717, 1.165) is 5.75 Å². The highest BCUT2D eigenvalue weighted by molar-refractivity contribution is 6.02. The maximum absolute atomic E-state index is 12.4. The van der Waals surface area contributed by atoms with Crippen LogP contribution in [0.3, 0.4) is 0 Å². The zero-order valence-electron chi connectivity index (χ0n) is 17.4. The summed E-state index contributed by atoms with van der Waals surface area (Å²) < 4.78 is 11.1. The first-order chi connectivity index (χ1) is 14.3. The minimum atomic E-state index is -0.248. The number of anilines is 2. The van der Waals surface area contributed by atoms with Crippen molar-refractivity contribution in [3.8, 4) is 11.5 Å². The molecular formula is C23H26N2O5. The lowest BCUT2D eigenvalue weighted by Crippen LogP contribution is -2.40. The zero-order chi connectivity index (χ0) is 21.7. The topological polar surface area (TPSA) is 84.9 Å². The lowest BCUT2D eigenvalue weighted by atomic mass is 10.1. The molecule has 0 aliphatic carbocycles. The molecule has 0 aromatic heterocycles. The van der Waals surface area contributed by atoms with E-state index in [1.54, 1.807) is 30.3 Å². The number of hydrogen-bond donors (Lipinski definition) is 1. The number of amides is 2. The molecule has 7 heteroatoms. The van der Waals surface area contributed by atoms with Crippen molar-refractivity contribution in [1.82, 2.24) is 0 Å². The predicted molar refractivity (Wildman–Crippen MR) is 114 cm³/mol. The Labute approximate surface area is 176 Å². The van der Waals surface area contributed by atoms with E-state index < -0.39 is 0 Å². The largest absolute Gasteiger partial charge is 0.493 e. The number of Topliss-reactive ketones (excluding diaryl/α,β-unsaturated/α-hetero) is 1. The maximum atomic E-state index is 12.4. The molecule has 2 amide bonds. The summed E-state index contributed by atoms with van der Waals surface area (Å²) in [7, 11) is 0. The quantitative estimate of drug-likeness (QED) is 0.671. The minimum absolute atomic E-state index is 0.0914. The van der Waals surface area contributed by atoms with Crippen LogP contribution in [0.1, 0.15) is 37.6 Å². The first-order valence-electron chi connectivity index (χ1n) is 9.94. The Morgan fingerprint density at radius 1 is 1.17 bits per heavy atom. The van der Waals surface area contributed by atoms with Crippen molar-refractivity contribution >= 4 is 29.0 Å². The van der Waals surface area contributed by atoms with Crippen LogP contribution < -0.4 is 19.7 Å². The average molecular weight is 410 g/mol. The van der Waals surface area contributed by atoms with Crippen LogP contribution in [0.25, 0.3) is 0 Å². The average Bonchev–Trinajstić information content (AvgIpc) is 2.72. The summed E-state index contributed by atoms with van der Waals surface area (Å²) in [5.74, 6) is 1.14. The molecule has 1 aliphatic rings. The van der Waals surface area contributed by atoms with Gasteiger partial charge in [0.25, 0.3) is 5.91 Å². The fourth-order valence-electron chi connectivity index (χ4n) is 3.00. The highest BCUT2D eigenvalue weighted by Crippen LogP contribution is 2.33. The third-order valence-electron chi connectivity index (χ3n) is 4.59. The lowest BCUT2D eigenvalue weighted by Gasteiger charge is -2.29. The Hall–Kier alpha value is -3.35. The lowest BCUT2D eigenvalue weighted by molar-refractivity contribution is -0.121. The molecule has 1 aliphatic heterocycles. The fraction of sp³-hybridized carbons (Fsp3) is 0.348. The van der Waals surface area contributed by atoms with E-state index >= 15 is 0 Å².